The second kappa shape index (κ2) is 9.26. The van der Waals surface area contributed by atoms with E-state index in [2.05, 4.69) is 20.6 Å². The number of imidazole rings is 1. The van der Waals surface area contributed by atoms with Gasteiger partial charge in [0.2, 0.25) is 0 Å². The molecule has 0 saturated carbocycles. The molecule has 2 heterocycles. The number of halogens is 3. The van der Waals surface area contributed by atoms with Crippen LogP contribution in [0, 0.1) is 0 Å². The van der Waals surface area contributed by atoms with E-state index in [1.54, 1.807) is 19.6 Å². The van der Waals surface area contributed by atoms with E-state index in [-0.39, 0.29) is 24.0 Å². The first-order chi connectivity index (χ1) is 10.1. The summed E-state index contributed by atoms with van der Waals surface area (Å²) in [4.78, 5) is 8.17. The lowest BCUT2D eigenvalue weighted by atomic mass is 10.4. The Hall–Kier alpha value is -0.930. The molecule has 2 rings (SSSR count). The van der Waals surface area contributed by atoms with E-state index >= 15 is 0 Å². The molecule has 0 spiro atoms. The molecule has 22 heavy (non-hydrogen) atoms. The number of rotatable bonds is 5. The minimum Gasteiger partial charge on any atom is -0.355 e. The summed E-state index contributed by atoms with van der Waals surface area (Å²) in [6.07, 6.45) is 5.47. The van der Waals surface area contributed by atoms with E-state index in [4.69, 9.17) is 23.2 Å². The zero-order chi connectivity index (χ0) is 15.2. The smallest absolute Gasteiger partial charge is 0.191 e. The summed E-state index contributed by atoms with van der Waals surface area (Å²) in [6.45, 7) is 2.17. The molecule has 0 radical (unpaired) electrons. The highest BCUT2D eigenvalue weighted by Gasteiger charge is 2.09. The number of hydrogen-bond acceptors (Lipinski definition) is 2. The fraction of sp³-hybridized carbons (Fsp3) is 0.385. The first-order valence-corrected chi connectivity index (χ1v) is 7.27. The molecule has 0 aliphatic heterocycles. The molecule has 0 unspecified atom stereocenters. The van der Waals surface area contributed by atoms with Crippen LogP contribution in [0.25, 0.3) is 0 Å². The SMILES string of the molecule is CN=C(NCCn1ccnc1)NCc1cc(Cl)c(Cl)n1C.I. The van der Waals surface area contributed by atoms with Crippen LogP contribution in [-0.2, 0) is 20.1 Å². The van der Waals surface area contributed by atoms with Gasteiger partial charge >= 0.3 is 0 Å². The number of nitrogens with one attached hydrogen (secondary N) is 2. The number of nitrogens with zero attached hydrogens (tertiary/aromatic N) is 4. The topological polar surface area (TPSA) is 59.2 Å². The Morgan fingerprint density at radius 1 is 1.36 bits per heavy atom. The maximum atomic E-state index is 6.04. The van der Waals surface area contributed by atoms with Gasteiger partial charge in [0.1, 0.15) is 5.15 Å². The lowest BCUT2D eigenvalue weighted by Gasteiger charge is -2.12. The maximum absolute atomic E-state index is 6.04. The van der Waals surface area contributed by atoms with Crippen molar-refractivity contribution < 1.29 is 0 Å². The van der Waals surface area contributed by atoms with Crippen LogP contribution >= 0.6 is 47.2 Å². The number of guanidine groups is 1. The Balaban J connectivity index is 0.00000242. The third-order valence-electron chi connectivity index (χ3n) is 3.10. The minimum absolute atomic E-state index is 0. The molecule has 0 aromatic carbocycles. The lowest BCUT2D eigenvalue weighted by Crippen LogP contribution is -2.38. The second-order valence-electron chi connectivity index (χ2n) is 4.49. The van der Waals surface area contributed by atoms with E-state index in [9.17, 15) is 0 Å². The van der Waals surface area contributed by atoms with Crippen LogP contribution in [-0.4, -0.2) is 33.7 Å². The number of aromatic nitrogens is 3. The summed E-state index contributed by atoms with van der Waals surface area (Å²) in [5, 5.41) is 7.55. The summed E-state index contributed by atoms with van der Waals surface area (Å²) in [5.41, 5.74) is 0.988. The Bertz CT molecular complexity index is 608. The van der Waals surface area contributed by atoms with Crippen LogP contribution in [0.4, 0.5) is 0 Å². The van der Waals surface area contributed by atoms with Gasteiger partial charge in [0.15, 0.2) is 5.96 Å². The number of aliphatic imine (C=N–C) groups is 1. The van der Waals surface area contributed by atoms with Crippen LogP contribution in [0.2, 0.25) is 10.2 Å². The van der Waals surface area contributed by atoms with Crippen molar-refractivity contribution in [1.29, 1.82) is 0 Å². The molecule has 0 atom stereocenters. The van der Waals surface area contributed by atoms with Crippen LogP contribution in [0.5, 0.6) is 0 Å². The lowest BCUT2D eigenvalue weighted by molar-refractivity contribution is 0.658. The fourth-order valence-electron chi connectivity index (χ4n) is 1.88. The molecule has 0 bridgehead atoms. The first kappa shape index (κ1) is 19.1. The van der Waals surface area contributed by atoms with Crippen molar-refractivity contribution in [2.24, 2.45) is 12.0 Å². The monoisotopic (exact) mass is 456 g/mol. The van der Waals surface area contributed by atoms with Crippen molar-refractivity contribution >= 4 is 53.1 Å². The molecule has 0 aliphatic carbocycles. The highest BCUT2D eigenvalue weighted by Crippen LogP contribution is 2.24. The standard InChI is InChI=1S/C13H18Cl2N6.HI/c1-16-13(18-4-6-21-5-3-17-9-21)19-8-10-7-11(14)12(15)20(10)2;/h3,5,7,9H,4,6,8H2,1-2H3,(H2,16,18,19);1H. The predicted octanol–water partition coefficient (Wildman–Crippen LogP) is 2.51. The fourth-order valence-corrected chi connectivity index (χ4v) is 2.29. The van der Waals surface area contributed by atoms with Crippen molar-refractivity contribution in [2.45, 2.75) is 13.1 Å². The maximum Gasteiger partial charge on any atom is 0.191 e. The van der Waals surface area contributed by atoms with E-state index in [1.165, 1.54) is 0 Å². The van der Waals surface area contributed by atoms with Gasteiger partial charge in [0.05, 0.1) is 17.9 Å². The van der Waals surface area contributed by atoms with Crippen LogP contribution in [0.1, 0.15) is 5.69 Å². The third-order valence-corrected chi connectivity index (χ3v) is 3.94. The van der Waals surface area contributed by atoms with E-state index in [0.29, 0.717) is 16.7 Å². The van der Waals surface area contributed by atoms with Crippen molar-refractivity contribution in [3.63, 3.8) is 0 Å². The summed E-state index contributed by atoms with van der Waals surface area (Å²) >= 11 is 12.0. The Morgan fingerprint density at radius 3 is 2.68 bits per heavy atom. The molecule has 0 saturated heterocycles. The van der Waals surface area contributed by atoms with E-state index < -0.39 is 0 Å². The molecule has 6 nitrogen and oxygen atoms in total. The first-order valence-electron chi connectivity index (χ1n) is 6.51. The van der Waals surface area contributed by atoms with Gasteiger partial charge in [-0.15, -0.1) is 24.0 Å². The van der Waals surface area contributed by atoms with Gasteiger partial charge in [0, 0.05) is 45.3 Å². The zero-order valence-corrected chi connectivity index (χ0v) is 16.2. The summed E-state index contributed by atoms with van der Waals surface area (Å²) in [7, 11) is 3.61. The van der Waals surface area contributed by atoms with Crippen molar-refractivity contribution in [3.05, 3.63) is 40.7 Å². The molecule has 2 aromatic heterocycles. The molecular formula is C13H19Cl2IN6. The normalized spacial score (nSPS) is 11.2. The largest absolute Gasteiger partial charge is 0.355 e. The van der Waals surface area contributed by atoms with Gasteiger partial charge in [0.25, 0.3) is 0 Å². The van der Waals surface area contributed by atoms with Gasteiger partial charge in [-0.25, -0.2) is 4.98 Å². The van der Waals surface area contributed by atoms with Gasteiger partial charge in [-0.2, -0.15) is 0 Å². The van der Waals surface area contributed by atoms with E-state index in [1.807, 2.05) is 28.4 Å². The summed E-state index contributed by atoms with van der Waals surface area (Å²) < 4.78 is 3.84. The van der Waals surface area contributed by atoms with Gasteiger partial charge < -0.3 is 19.8 Å². The molecule has 9 heteroatoms. The van der Waals surface area contributed by atoms with Gasteiger partial charge in [-0.1, -0.05) is 23.2 Å². The Kier molecular flexibility index (Phi) is 8.05. The molecule has 0 amide bonds. The highest BCUT2D eigenvalue weighted by molar-refractivity contribution is 14.0. The van der Waals surface area contributed by atoms with E-state index in [0.717, 1.165) is 24.7 Å². The van der Waals surface area contributed by atoms with Crippen LogP contribution in [0.15, 0.2) is 29.8 Å². The Morgan fingerprint density at radius 2 is 2.14 bits per heavy atom. The quantitative estimate of drug-likeness (QED) is 0.413. The molecule has 2 aromatic rings. The zero-order valence-electron chi connectivity index (χ0n) is 12.4. The van der Waals surface area contributed by atoms with Crippen molar-refractivity contribution in [2.75, 3.05) is 13.6 Å². The summed E-state index contributed by atoms with van der Waals surface area (Å²) in [5.74, 6) is 0.726. The molecule has 0 fully saturated rings. The van der Waals surface area contributed by atoms with Crippen LogP contribution < -0.4 is 10.6 Å². The molecule has 2 N–H and O–H groups in total. The van der Waals surface area contributed by atoms with Crippen molar-refractivity contribution in [3.8, 4) is 0 Å². The second-order valence-corrected chi connectivity index (χ2v) is 5.25. The van der Waals surface area contributed by atoms with Gasteiger partial charge in [-0.3, -0.25) is 4.99 Å². The predicted molar refractivity (Wildman–Crippen MR) is 101 cm³/mol. The number of hydrogen-bond donors (Lipinski definition) is 2. The van der Waals surface area contributed by atoms with Crippen molar-refractivity contribution in [1.82, 2.24) is 24.8 Å². The minimum atomic E-state index is 0. The molecular weight excluding hydrogens is 438 g/mol. The Labute approximate surface area is 156 Å². The van der Waals surface area contributed by atoms with Gasteiger partial charge in [-0.05, 0) is 6.07 Å². The summed E-state index contributed by atoms with van der Waals surface area (Å²) in [6, 6.07) is 1.84. The average Bonchev–Trinajstić information content (AvgIpc) is 3.07. The molecule has 0 aliphatic rings. The third kappa shape index (κ3) is 5.06. The van der Waals surface area contributed by atoms with Crippen LogP contribution in [0.3, 0.4) is 0 Å². The average molecular weight is 457 g/mol. The molecule has 122 valence electrons. The highest BCUT2D eigenvalue weighted by atomic mass is 127.